The van der Waals surface area contributed by atoms with E-state index in [0.29, 0.717) is 5.75 Å². The Kier molecular flexibility index (Phi) is 2.67. The summed E-state index contributed by atoms with van der Waals surface area (Å²) in [7, 11) is 5.74. The van der Waals surface area contributed by atoms with E-state index >= 15 is 0 Å². The summed E-state index contributed by atoms with van der Waals surface area (Å²) in [5, 5.41) is 15.0. The first-order chi connectivity index (χ1) is 12.1. The van der Waals surface area contributed by atoms with Gasteiger partial charge in [-0.2, -0.15) is 0 Å². The number of aromatic nitrogens is 2. The third-order valence-electron chi connectivity index (χ3n) is 5.32. The standard InChI is InChI=1S/C21H18N2O2/c1-22-14-10-6-4-8-12(14)16-18(22)19-17(21(25-3)20(16)24)13-9-5-7-11-15(13)23(19)2/h4-11,24H,1-3H3. The van der Waals surface area contributed by atoms with Gasteiger partial charge in [-0.15, -0.1) is 0 Å². The number of phenolic OH excluding ortho intramolecular Hbond substituents is 1. The summed E-state index contributed by atoms with van der Waals surface area (Å²) in [6, 6.07) is 16.4. The van der Waals surface area contributed by atoms with Crippen LogP contribution in [0, 0.1) is 0 Å². The Morgan fingerprint density at radius 2 is 1.24 bits per heavy atom. The monoisotopic (exact) mass is 330 g/mol. The molecule has 3 aromatic carbocycles. The first-order valence-corrected chi connectivity index (χ1v) is 8.28. The predicted molar refractivity (Wildman–Crippen MR) is 103 cm³/mol. The molecule has 25 heavy (non-hydrogen) atoms. The third-order valence-corrected chi connectivity index (χ3v) is 5.32. The average Bonchev–Trinajstić information content (AvgIpc) is 3.10. The molecule has 5 aromatic rings. The van der Waals surface area contributed by atoms with Crippen LogP contribution < -0.4 is 4.74 Å². The lowest BCUT2D eigenvalue weighted by atomic mass is 10.1. The normalized spacial score (nSPS) is 12.0. The van der Waals surface area contributed by atoms with Crippen molar-refractivity contribution in [3.05, 3.63) is 48.5 Å². The first kappa shape index (κ1) is 14.2. The molecule has 2 aromatic heterocycles. The largest absolute Gasteiger partial charge is 0.504 e. The molecule has 0 unspecified atom stereocenters. The van der Waals surface area contributed by atoms with Crippen LogP contribution in [0.4, 0.5) is 0 Å². The Bertz CT molecular complexity index is 1310. The zero-order valence-electron chi connectivity index (χ0n) is 14.4. The van der Waals surface area contributed by atoms with E-state index in [1.807, 2.05) is 37.4 Å². The van der Waals surface area contributed by atoms with Crippen LogP contribution in [-0.4, -0.2) is 21.4 Å². The molecule has 4 heteroatoms. The molecule has 1 N–H and O–H groups in total. The van der Waals surface area contributed by atoms with Crippen molar-refractivity contribution in [3.8, 4) is 11.5 Å². The van der Waals surface area contributed by atoms with E-state index in [1.54, 1.807) is 7.11 Å². The number of aromatic hydroxyl groups is 1. The lowest BCUT2D eigenvalue weighted by molar-refractivity contribution is 0.381. The number of para-hydroxylation sites is 2. The Morgan fingerprint density at radius 1 is 0.760 bits per heavy atom. The van der Waals surface area contributed by atoms with Gasteiger partial charge in [0.1, 0.15) is 0 Å². The number of ether oxygens (including phenoxy) is 1. The van der Waals surface area contributed by atoms with E-state index in [4.69, 9.17) is 4.74 Å². The minimum Gasteiger partial charge on any atom is -0.504 e. The Morgan fingerprint density at radius 3 is 1.80 bits per heavy atom. The SMILES string of the molecule is COc1c(O)c2c3ccccc3n(C)c2c2c1c1ccccc1n2C. The number of rotatable bonds is 1. The van der Waals surface area contributed by atoms with Gasteiger partial charge in [0.2, 0.25) is 0 Å². The van der Waals surface area contributed by atoms with Crippen molar-refractivity contribution in [2.75, 3.05) is 7.11 Å². The van der Waals surface area contributed by atoms with Crippen molar-refractivity contribution in [2.45, 2.75) is 0 Å². The fourth-order valence-electron chi connectivity index (χ4n) is 4.24. The lowest BCUT2D eigenvalue weighted by Crippen LogP contribution is -1.94. The van der Waals surface area contributed by atoms with Crippen LogP contribution in [-0.2, 0) is 14.1 Å². The molecule has 0 bridgehead atoms. The van der Waals surface area contributed by atoms with Gasteiger partial charge in [-0.25, -0.2) is 0 Å². The fourth-order valence-corrected chi connectivity index (χ4v) is 4.24. The van der Waals surface area contributed by atoms with Crippen LogP contribution >= 0.6 is 0 Å². The Labute approximate surface area is 144 Å². The van der Waals surface area contributed by atoms with Gasteiger partial charge in [0.05, 0.1) is 28.9 Å². The number of methoxy groups -OCH3 is 1. The molecule has 4 nitrogen and oxygen atoms in total. The van der Waals surface area contributed by atoms with Gasteiger partial charge in [-0.3, -0.25) is 0 Å². The summed E-state index contributed by atoms with van der Waals surface area (Å²) in [6.45, 7) is 0. The summed E-state index contributed by atoms with van der Waals surface area (Å²) < 4.78 is 10.0. The summed E-state index contributed by atoms with van der Waals surface area (Å²) in [5.41, 5.74) is 4.30. The number of fused-ring (bicyclic) bond motifs is 7. The van der Waals surface area contributed by atoms with Gasteiger partial charge in [0, 0.05) is 35.9 Å². The van der Waals surface area contributed by atoms with Crippen LogP contribution in [0.15, 0.2) is 48.5 Å². The van der Waals surface area contributed by atoms with E-state index in [0.717, 1.165) is 43.6 Å². The highest BCUT2D eigenvalue weighted by Crippen LogP contribution is 2.49. The van der Waals surface area contributed by atoms with Crippen LogP contribution in [0.2, 0.25) is 0 Å². The average molecular weight is 330 g/mol. The quantitative estimate of drug-likeness (QED) is 0.484. The van der Waals surface area contributed by atoms with E-state index < -0.39 is 0 Å². The van der Waals surface area contributed by atoms with E-state index in [1.165, 1.54) is 0 Å². The second kappa shape index (κ2) is 4.70. The smallest absolute Gasteiger partial charge is 0.171 e. The molecule has 124 valence electrons. The number of phenols is 1. The molecule has 5 rings (SSSR count). The molecule has 0 radical (unpaired) electrons. The first-order valence-electron chi connectivity index (χ1n) is 8.28. The van der Waals surface area contributed by atoms with Crippen LogP contribution in [0.25, 0.3) is 43.6 Å². The van der Waals surface area contributed by atoms with Crippen molar-refractivity contribution in [3.63, 3.8) is 0 Å². The number of hydrogen-bond donors (Lipinski definition) is 1. The molecule has 0 aliphatic heterocycles. The highest BCUT2D eigenvalue weighted by atomic mass is 16.5. The third kappa shape index (κ3) is 1.56. The van der Waals surface area contributed by atoms with Crippen LogP contribution in [0.1, 0.15) is 0 Å². The highest BCUT2D eigenvalue weighted by molar-refractivity contribution is 6.27. The zero-order chi connectivity index (χ0) is 17.3. The minimum absolute atomic E-state index is 0.207. The molecule has 0 aliphatic rings. The second-order valence-corrected chi connectivity index (χ2v) is 6.48. The lowest BCUT2D eigenvalue weighted by Gasteiger charge is -2.10. The summed E-state index contributed by atoms with van der Waals surface area (Å²) in [4.78, 5) is 0. The van der Waals surface area contributed by atoms with E-state index in [2.05, 4.69) is 34.4 Å². The number of benzene rings is 3. The van der Waals surface area contributed by atoms with Crippen molar-refractivity contribution >= 4 is 43.6 Å². The van der Waals surface area contributed by atoms with Crippen molar-refractivity contribution in [1.82, 2.24) is 9.13 Å². The van der Waals surface area contributed by atoms with Crippen LogP contribution in [0.3, 0.4) is 0 Å². The van der Waals surface area contributed by atoms with Gasteiger partial charge >= 0.3 is 0 Å². The maximum absolute atomic E-state index is 11.1. The topological polar surface area (TPSA) is 39.3 Å². The fraction of sp³-hybridized carbons (Fsp3) is 0.143. The van der Waals surface area contributed by atoms with E-state index in [9.17, 15) is 5.11 Å². The minimum atomic E-state index is 0.207. The van der Waals surface area contributed by atoms with Gasteiger partial charge in [-0.05, 0) is 12.1 Å². The summed E-state index contributed by atoms with van der Waals surface area (Å²) >= 11 is 0. The number of aryl methyl sites for hydroxylation is 2. The van der Waals surface area contributed by atoms with Crippen LogP contribution in [0.5, 0.6) is 11.5 Å². The molecule has 0 spiro atoms. The number of nitrogens with zero attached hydrogens (tertiary/aromatic N) is 2. The molecule has 0 fully saturated rings. The molecule has 0 aliphatic carbocycles. The van der Waals surface area contributed by atoms with Gasteiger partial charge in [0.15, 0.2) is 11.5 Å². The van der Waals surface area contributed by atoms with Crippen molar-refractivity contribution < 1.29 is 9.84 Å². The molecule has 2 heterocycles. The van der Waals surface area contributed by atoms with Gasteiger partial charge in [0.25, 0.3) is 0 Å². The molecular weight excluding hydrogens is 312 g/mol. The highest BCUT2D eigenvalue weighted by Gasteiger charge is 2.24. The summed E-state index contributed by atoms with van der Waals surface area (Å²) in [6.07, 6.45) is 0. The van der Waals surface area contributed by atoms with Crippen molar-refractivity contribution in [1.29, 1.82) is 0 Å². The molecule has 0 saturated carbocycles. The molecule has 0 atom stereocenters. The molecular formula is C21H18N2O2. The Hall–Kier alpha value is -3.14. The zero-order valence-corrected chi connectivity index (χ0v) is 14.4. The molecule has 0 saturated heterocycles. The Balaban J connectivity index is 2.24. The predicted octanol–water partition coefficient (Wildman–Crippen LogP) is 4.69. The summed E-state index contributed by atoms with van der Waals surface area (Å²) in [5.74, 6) is 0.744. The molecule has 0 amide bonds. The van der Waals surface area contributed by atoms with Gasteiger partial charge < -0.3 is 19.0 Å². The number of hydrogen-bond acceptors (Lipinski definition) is 2. The van der Waals surface area contributed by atoms with Crippen molar-refractivity contribution in [2.24, 2.45) is 14.1 Å². The van der Waals surface area contributed by atoms with E-state index in [-0.39, 0.29) is 5.75 Å². The van der Waals surface area contributed by atoms with Gasteiger partial charge in [-0.1, -0.05) is 36.4 Å². The second-order valence-electron chi connectivity index (χ2n) is 6.48. The maximum Gasteiger partial charge on any atom is 0.171 e. The maximum atomic E-state index is 11.1.